The van der Waals surface area contributed by atoms with E-state index < -0.39 is 0 Å². The molecule has 31 heavy (non-hydrogen) atoms. The van der Waals surface area contributed by atoms with Crippen LogP contribution in [0, 0.1) is 0 Å². The summed E-state index contributed by atoms with van der Waals surface area (Å²) in [6.45, 7) is 0. The summed E-state index contributed by atoms with van der Waals surface area (Å²) in [7, 11) is 3.38. The van der Waals surface area contributed by atoms with Gasteiger partial charge in [-0.05, 0) is 65.4 Å². The highest BCUT2D eigenvalue weighted by molar-refractivity contribution is 6.14. The van der Waals surface area contributed by atoms with Crippen LogP contribution in [0.25, 0.3) is 21.5 Å². The molecular weight excluding hydrogens is 382 g/mol. The van der Waals surface area contributed by atoms with Gasteiger partial charge in [-0.25, -0.2) is 0 Å². The van der Waals surface area contributed by atoms with Gasteiger partial charge in [0.1, 0.15) is 11.5 Å². The fraction of sp³-hybridized carbons (Fsp3) is 0.0714. The second-order valence-corrected chi connectivity index (χ2v) is 7.40. The maximum absolute atomic E-state index is 5.40. The maximum atomic E-state index is 5.40. The van der Waals surface area contributed by atoms with Crippen molar-refractivity contribution < 1.29 is 9.47 Å². The summed E-state index contributed by atoms with van der Waals surface area (Å²) in [5, 5.41) is 4.83. The predicted octanol–water partition coefficient (Wildman–Crippen LogP) is 7.48. The standard InChI is InChI=1S/C28H23NO2/c1-30-24-15-11-22(12-16-24)29(23-13-17-25(31-2)18-14-23)28-26-9-5-3-7-20(26)19-21-8-4-6-10-27(21)28/h3-19H,1-2H3. The van der Waals surface area contributed by atoms with Crippen molar-refractivity contribution >= 4 is 38.6 Å². The van der Waals surface area contributed by atoms with Crippen molar-refractivity contribution in [3.8, 4) is 11.5 Å². The molecule has 0 aliphatic rings. The van der Waals surface area contributed by atoms with Gasteiger partial charge in [0.05, 0.1) is 19.9 Å². The number of anilines is 3. The lowest BCUT2D eigenvalue weighted by Crippen LogP contribution is -2.11. The van der Waals surface area contributed by atoms with Crippen molar-refractivity contribution in [2.75, 3.05) is 19.1 Å². The van der Waals surface area contributed by atoms with Crippen LogP contribution >= 0.6 is 0 Å². The van der Waals surface area contributed by atoms with Gasteiger partial charge < -0.3 is 14.4 Å². The van der Waals surface area contributed by atoms with E-state index in [4.69, 9.17) is 9.47 Å². The molecule has 0 fully saturated rings. The second kappa shape index (κ2) is 8.04. The minimum atomic E-state index is 0.834. The van der Waals surface area contributed by atoms with E-state index in [0.29, 0.717) is 0 Å². The molecule has 5 aromatic rings. The molecule has 0 radical (unpaired) electrons. The molecule has 152 valence electrons. The van der Waals surface area contributed by atoms with Crippen LogP contribution in [0.4, 0.5) is 17.1 Å². The molecule has 0 spiro atoms. The zero-order valence-corrected chi connectivity index (χ0v) is 17.6. The molecule has 0 bridgehead atoms. The second-order valence-electron chi connectivity index (χ2n) is 7.40. The molecular formula is C28H23NO2. The molecule has 0 aliphatic heterocycles. The zero-order chi connectivity index (χ0) is 21.2. The minimum Gasteiger partial charge on any atom is -0.497 e. The summed E-state index contributed by atoms with van der Waals surface area (Å²) in [6, 6.07) is 35.7. The van der Waals surface area contributed by atoms with E-state index in [1.165, 1.54) is 21.5 Å². The minimum absolute atomic E-state index is 0.834. The van der Waals surface area contributed by atoms with Gasteiger partial charge in [-0.2, -0.15) is 0 Å². The summed E-state index contributed by atoms with van der Waals surface area (Å²) < 4.78 is 10.8. The lowest BCUT2D eigenvalue weighted by molar-refractivity contribution is 0.415. The fourth-order valence-electron chi connectivity index (χ4n) is 4.10. The van der Waals surface area contributed by atoms with Gasteiger partial charge in [0, 0.05) is 22.1 Å². The largest absolute Gasteiger partial charge is 0.497 e. The van der Waals surface area contributed by atoms with Crippen LogP contribution in [0.15, 0.2) is 103 Å². The Hall–Kier alpha value is -3.98. The van der Waals surface area contributed by atoms with E-state index in [1.807, 2.05) is 24.3 Å². The molecule has 0 saturated carbocycles. The number of rotatable bonds is 5. The molecule has 5 rings (SSSR count). The normalized spacial score (nSPS) is 10.9. The van der Waals surface area contributed by atoms with Crippen LogP contribution in [0.1, 0.15) is 0 Å². The van der Waals surface area contributed by atoms with Gasteiger partial charge in [-0.3, -0.25) is 0 Å². The molecule has 0 aromatic heterocycles. The SMILES string of the molecule is COc1ccc(N(c2ccc(OC)cc2)c2c3ccccc3cc3ccccc23)cc1. The van der Waals surface area contributed by atoms with Crippen LogP contribution in [0.3, 0.4) is 0 Å². The van der Waals surface area contributed by atoms with Crippen molar-refractivity contribution in [1.82, 2.24) is 0 Å². The van der Waals surface area contributed by atoms with Crippen molar-refractivity contribution in [2.45, 2.75) is 0 Å². The van der Waals surface area contributed by atoms with E-state index in [-0.39, 0.29) is 0 Å². The molecule has 0 N–H and O–H groups in total. The summed E-state index contributed by atoms with van der Waals surface area (Å²) in [5.41, 5.74) is 3.28. The van der Waals surface area contributed by atoms with Gasteiger partial charge >= 0.3 is 0 Å². The van der Waals surface area contributed by atoms with Crippen LogP contribution in [-0.4, -0.2) is 14.2 Å². The number of hydrogen-bond acceptors (Lipinski definition) is 3. The topological polar surface area (TPSA) is 21.7 Å². The lowest BCUT2D eigenvalue weighted by atomic mass is 9.99. The van der Waals surface area contributed by atoms with Gasteiger partial charge in [-0.1, -0.05) is 48.5 Å². The first kappa shape index (κ1) is 19.0. The average Bonchev–Trinajstić information content (AvgIpc) is 2.84. The van der Waals surface area contributed by atoms with E-state index in [9.17, 15) is 0 Å². The van der Waals surface area contributed by atoms with Gasteiger partial charge in [0.15, 0.2) is 0 Å². The number of nitrogens with zero attached hydrogens (tertiary/aromatic N) is 1. The van der Waals surface area contributed by atoms with Gasteiger partial charge in [0.2, 0.25) is 0 Å². The summed E-state index contributed by atoms with van der Waals surface area (Å²) in [5.74, 6) is 1.67. The number of hydrogen-bond donors (Lipinski definition) is 0. The zero-order valence-electron chi connectivity index (χ0n) is 17.6. The molecule has 3 heteroatoms. The highest BCUT2D eigenvalue weighted by atomic mass is 16.5. The predicted molar refractivity (Wildman–Crippen MR) is 129 cm³/mol. The molecule has 0 saturated heterocycles. The van der Waals surface area contributed by atoms with E-state index >= 15 is 0 Å². The van der Waals surface area contributed by atoms with Gasteiger partial charge in [-0.15, -0.1) is 0 Å². The monoisotopic (exact) mass is 405 g/mol. The van der Waals surface area contributed by atoms with Crippen molar-refractivity contribution in [1.29, 1.82) is 0 Å². The van der Waals surface area contributed by atoms with Crippen LogP contribution in [-0.2, 0) is 0 Å². The Morgan fingerprint density at radius 1 is 0.516 bits per heavy atom. The Kier molecular flexibility index (Phi) is 4.93. The van der Waals surface area contributed by atoms with E-state index in [1.54, 1.807) is 14.2 Å². The molecule has 5 aromatic carbocycles. The number of ether oxygens (including phenoxy) is 2. The molecule has 0 heterocycles. The summed E-state index contributed by atoms with van der Waals surface area (Å²) >= 11 is 0. The van der Waals surface area contributed by atoms with Crippen molar-refractivity contribution in [3.05, 3.63) is 103 Å². The molecule has 0 aliphatic carbocycles. The highest BCUT2D eigenvalue weighted by Gasteiger charge is 2.18. The third-order valence-electron chi connectivity index (χ3n) is 5.63. The lowest BCUT2D eigenvalue weighted by Gasteiger charge is -2.28. The average molecular weight is 405 g/mol. The van der Waals surface area contributed by atoms with Crippen LogP contribution < -0.4 is 14.4 Å². The highest BCUT2D eigenvalue weighted by Crippen LogP contribution is 2.44. The van der Waals surface area contributed by atoms with Crippen LogP contribution in [0.2, 0.25) is 0 Å². The van der Waals surface area contributed by atoms with Gasteiger partial charge in [0.25, 0.3) is 0 Å². The van der Waals surface area contributed by atoms with Crippen molar-refractivity contribution in [3.63, 3.8) is 0 Å². The third kappa shape index (κ3) is 3.44. The van der Waals surface area contributed by atoms with E-state index in [0.717, 1.165) is 28.6 Å². The summed E-state index contributed by atoms with van der Waals surface area (Å²) in [6.07, 6.45) is 0. The Labute approximate surface area is 182 Å². The molecule has 3 nitrogen and oxygen atoms in total. The maximum Gasteiger partial charge on any atom is 0.119 e. The Bertz CT molecular complexity index is 1240. The van der Waals surface area contributed by atoms with Crippen LogP contribution in [0.5, 0.6) is 11.5 Å². The first-order chi connectivity index (χ1) is 15.3. The van der Waals surface area contributed by atoms with E-state index in [2.05, 4.69) is 83.8 Å². The Morgan fingerprint density at radius 3 is 1.35 bits per heavy atom. The Balaban J connectivity index is 1.84. The fourth-order valence-corrected chi connectivity index (χ4v) is 4.10. The Morgan fingerprint density at radius 2 is 0.935 bits per heavy atom. The van der Waals surface area contributed by atoms with Crippen molar-refractivity contribution in [2.24, 2.45) is 0 Å². The third-order valence-corrected chi connectivity index (χ3v) is 5.63. The summed E-state index contributed by atoms with van der Waals surface area (Å²) in [4.78, 5) is 2.31. The molecule has 0 unspecified atom stereocenters. The number of benzene rings is 5. The number of fused-ring (bicyclic) bond motifs is 2. The molecule has 0 amide bonds. The number of methoxy groups -OCH3 is 2. The quantitative estimate of drug-likeness (QED) is 0.283. The molecule has 0 atom stereocenters. The first-order valence-electron chi connectivity index (χ1n) is 10.3. The smallest absolute Gasteiger partial charge is 0.119 e. The first-order valence-corrected chi connectivity index (χ1v) is 10.3.